The third-order valence-corrected chi connectivity index (χ3v) is 2.57. The third kappa shape index (κ3) is 1.43. The van der Waals surface area contributed by atoms with E-state index in [2.05, 4.69) is 29.3 Å². The predicted octanol–water partition coefficient (Wildman–Crippen LogP) is -1.83. The molecule has 1 atom stereocenters. The van der Waals surface area contributed by atoms with Crippen LogP contribution in [0.2, 0.25) is 0 Å². The van der Waals surface area contributed by atoms with Crippen LogP contribution in [0.25, 0.3) is 0 Å². The van der Waals surface area contributed by atoms with E-state index >= 15 is 0 Å². The minimum absolute atomic E-state index is 0.683. The lowest BCUT2D eigenvalue weighted by atomic mass is 10.2. The van der Waals surface area contributed by atoms with Gasteiger partial charge in [0.2, 0.25) is 0 Å². The van der Waals surface area contributed by atoms with Crippen LogP contribution in [0.1, 0.15) is 0 Å². The molecule has 1 saturated heterocycles. The maximum atomic E-state index is 6.11. The smallest absolute Gasteiger partial charge is 0.198 e. The van der Waals surface area contributed by atoms with E-state index in [0.29, 0.717) is 5.70 Å². The van der Waals surface area contributed by atoms with Gasteiger partial charge >= 0.3 is 0 Å². The predicted molar refractivity (Wildman–Crippen MR) is 56.3 cm³/mol. The topological polar surface area (TPSA) is 111 Å². The van der Waals surface area contributed by atoms with Crippen molar-refractivity contribution in [2.24, 2.45) is 11.5 Å². The maximum Gasteiger partial charge on any atom is 0.198 e. The van der Waals surface area contributed by atoms with Crippen LogP contribution in [0.5, 0.6) is 0 Å². The van der Waals surface area contributed by atoms with Crippen LogP contribution in [0.15, 0.2) is 24.9 Å². The van der Waals surface area contributed by atoms with Gasteiger partial charge in [-0.2, -0.15) is 0 Å². The van der Waals surface area contributed by atoms with Crippen molar-refractivity contribution in [2.45, 2.75) is 11.6 Å². The molecule has 6 nitrogen and oxygen atoms in total. The van der Waals surface area contributed by atoms with Gasteiger partial charge in [-0.15, -0.1) is 0 Å². The maximum absolute atomic E-state index is 6.11. The summed E-state index contributed by atoms with van der Waals surface area (Å²) in [5, 5.41) is 2.94. The van der Waals surface area contributed by atoms with Gasteiger partial charge in [0, 0.05) is 12.7 Å². The molecular weight excluding hydrogens is 180 g/mol. The lowest BCUT2D eigenvalue weighted by Gasteiger charge is -2.42. The van der Waals surface area contributed by atoms with E-state index in [1.165, 1.54) is 0 Å². The molecule has 6 heteroatoms. The first-order valence-electron chi connectivity index (χ1n) is 4.27. The standard InChI is InChI=1S/C8H18N6/c1-5-6(2)14(4)8(10,11-3)7(9)12-13-7/h5,11-13H,1-2,9-10H2,3-4H3. The highest BCUT2D eigenvalue weighted by atomic mass is 15.8. The number of nitrogens with one attached hydrogen (secondary N) is 3. The molecule has 0 aromatic heterocycles. The average Bonchev–Trinajstić information content (AvgIpc) is 2.94. The fraction of sp³-hybridized carbons (Fsp3) is 0.500. The molecule has 0 radical (unpaired) electrons. The van der Waals surface area contributed by atoms with Crippen molar-refractivity contribution < 1.29 is 0 Å². The van der Waals surface area contributed by atoms with Crippen molar-refractivity contribution in [3.63, 3.8) is 0 Å². The molecule has 1 fully saturated rings. The lowest BCUT2D eigenvalue weighted by Crippen LogP contribution is -2.76. The van der Waals surface area contributed by atoms with E-state index in [-0.39, 0.29) is 0 Å². The van der Waals surface area contributed by atoms with E-state index in [9.17, 15) is 0 Å². The van der Waals surface area contributed by atoms with E-state index in [1.54, 1.807) is 25.1 Å². The second kappa shape index (κ2) is 3.34. The van der Waals surface area contributed by atoms with Crippen LogP contribution in [-0.2, 0) is 0 Å². The SMILES string of the molecule is C=CC(=C)N(C)C(N)(NC)C1(N)NN1. The lowest BCUT2D eigenvalue weighted by molar-refractivity contribution is 0.0848. The number of allylic oxidation sites excluding steroid dienone is 1. The fourth-order valence-electron chi connectivity index (χ4n) is 1.25. The van der Waals surface area contributed by atoms with Crippen LogP contribution < -0.4 is 27.6 Å². The van der Waals surface area contributed by atoms with E-state index < -0.39 is 11.6 Å². The van der Waals surface area contributed by atoms with E-state index in [4.69, 9.17) is 11.5 Å². The third-order valence-electron chi connectivity index (χ3n) is 2.57. The van der Waals surface area contributed by atoms with Gasteiger partial charge in [-0.1, -0.05) is 13.2 Å². The zero-order valence-electron chi connectivity index (χ0n) is 8.59. The summed E-state index contributed by atoms with van der Waals surface area (Å²) in [4.78, 5) is 1.72. The second-order valence-electron chi connectivity index (χ2n) is 3.33. The van der Waals surface area contributed by atoms with Crippen LogP contribution in [0.4, 0.5) is 0 Å². The summed E-state index contributed by atoms with van der Waals surface area (Å²) < 4.78 is 0. The Morgan fingerprint density at radius 3 is 2.43 bits per heavy atom. The monoisotopic (exact) mass is 198 g/mol. The van der Waals surface area contributed by atoms with E-state index in [1.807, 2.05) is 0 Å². The molecule has 0 spiro atoms. The zero-order valence-corrected chi connectivity index (χ0v) is 8.59. The van der Waals surface area contributed by atoms with Crippen LogP contribution in [0, 0.1) is 0 Å². The highest BCUT2D eigenvalue weighted by molar-refractivity contribution is 5.17. The van der Waals surface area contributed by atoms with E-state index in [0.717, 1.165) is 0 Å². The van der Waals surface area contributed by atoms with Crippen molar-refractivity contribution in [1.29, 1.82) is 0 Å². The highest BCUT2D eigenvalue weighted by Gasteiger charge is 2.57. The van der Waals surface area contributed by atoms with Gasteiger partial charge < -0.3 is 4.90 Å². The summed E-state index contributed by atoms with van der Waals surface area (Å²) in [6, 6.07) is 0. The Kier molecular flexibility index (Phi) is 2.66. The fourth-order valence-corrected chi connectivity index (χ4v) is 1.25. The summed E-state index contributed by atoms with van der Waals surface area (Å²) in [7, 11) is 3.51. The molecule has 1 aliphatic heterocycles. The number of hydrazine groups is 1. The van der Waals surface area contributed by atoms with Crippen LogP contribution in [-0.4, -0.2) is 30.6 Å². The Morgan fingerprint density at radius 2 is 2.14 bits per heavy atom. The van der Waals surface area contributed by atoms with Gasteiger partial charge in [0.05, 0.1) is 0 Å². The molecule has 0 aliphatic carbocycles. The van der Waals surface area contributed by atoms with Crippen molar-refractivity contribution in [3.05, 3.63) is 24.9 Å². The van der Waals surface area contributed by atoms with Crippen molar-refractivity contribution >= 4 is 0 Å². The molecule has 1 heterocycles. The molecule has 0 saturated carbocycles. The van der Waals surface area contributed by atoms with Crippen LogP contribution >= 0.6 is 0 Å². The first kappa shape index (κ1) is 11.2. The summed E-state index contributed by atoms with van der Waals surface area (Å²) >= 11 is 0. The minimum atomic E-state index is -0.960. The van der Waals surface area contributed by atoms with Crippen LogP contribution in [0.3, 0.4) is 0 Å². The van der Waals surface area contributed by atoms with Gasteiger partial charge in [0.1, 0.15) is 0 Å². The summed E-state index contributed by atoms with van der Waals surface area (Å²) in [5.74, 6) is -1.82. The summed E-state index contributed by atoms with van der Waals surface area (Å²) in [6.45, 7) is 7.43. The quantitative estimate of drug-likeness (QED) is 0.202. The normalized spacial score (nSPS) is 22.3. The Hall–Kier alpha value is -0.920. The molecule has 1 aliphatic rings. The Morgan fingerprint density at radius 1 is 1.64 bits per heavy atom. The minimum Gasteiger partial charge on any atom is -0.341 e. The first-order chi connectivity index (χ1) is 6.41. The molecule has 0 amide bonds. The number of hydrogen-bond acceptors (Lipinski definition) is 6. The molecule has 7 N–H and O–H groups in total. The Balaban J connectivity index is 2.89. The molecule has 14 heavy (non-hydrogen) atoms. The van der Waals surface area contributed by atoms with Gasteiger partial charge in [0.25, 0.3) is 0 Å². The molecule has 1 unspecified atom stereocenters. The van der Waals surface area contributed by atoms with Gasteiger partial charge in [-0.3, -0.25) is 16.8 Å². The molecule has 0 aromatic rings. The van der Waals surface area contributed by atoms with Crippen molar-refractivity contribution in [3.8, 4) is 0 Å². The summed E-state index contributed by atoms with van der Waals surface area (Å²) in [6.07, 6.45) is 1.62. The van der Waals surface area contributed by atoms with Gasteiger partial charge in [-0.05, 0) is 13.1 Å². The molecule has 0 bridgehead atoms. The van der Waals surface area contributed by atoms with Gasteiger partial charge in [0.15, 0.2) is 11.6 Å². The highest BCUT2D eigenvalue weighted by Crippen LogP contribution is 2.21. The Bertz CT molecular complexity index is 259. The first-order valence-corrected chi connectivity index (χ1v) is 4.27. The zero-order chi connectivity index (χ0) is 11.0. The van der Waals surface area contributed by atoms with Gasteiger partial charge in [-0.25, -0.2) is 10.9 Å². The molecule has 80 valence electrons. The number of rotatable bonds is 5. The number of nitrogens with zero attached hydrogens (tertiary/aromatic N) is 1. The number of hydrogen-bond donors (Lipinski definition) is 5. The molecular formula is C8H18N6. The molecule has 1 rings (SSSR count). The summed E-state index contributed by atoms with van der Waals surface area (Å²) in [5.41, 5.74) is 18.3. The van der Waals surface area contributed by atoms with Crippen molar-refractivity contribution in [1.82, 2.24) is 21.1 Å². The molecule has 0 aromatic carbocycles. The second-order valence-corrected chi connectivity index (χ2v) is 3.33. The average molecular weight is 198 g/mol. The number of likely N-dealkylation sites (N-methyl/N-ethyl adjacent to an activating group) is 2. The largest absolute Gasteiger partial charge is 0.341 e. The Labute approximate surface area is 84.0 Å². The number of nitrogens with two attached hydrogens (primary N) is 2. The van der Waals surface area contributed by atoms with Crippen molar-refractivity contribution in [2.75, 3.05) is 14.1 Å².